The second-order valence-corrected chi connectivity index (χ2v) is 9.57. The summed E-state index contributed by atoms with van der Waals surface area (Å²) in [7, 11) is -3.97. The molecule has 4 fully saturated rings. The van der Waals surface area contributed by atoms with Gasteiger partial charge in [0.25, 0.3) is 0 Å². The summed E-state index contributed by atoms with van der Waals surface area (Å²) in [6.07, 6.45) is 3.29. The number of rotatable bonds is 6. The maximum atomic E-state index is 13.7. The van der Waals surface area contributed by atoms with E-state index in [4.69, 9.17) is 13.6 Å². The third-order valence-corrected chi connectivity index (χ3v) is 7.60. The topological polar surface area (TPSA) is 61.8 Å². The third kappa shape index (κ3) is 3.38. The third-order valence-electron chi connectivity index (χ3n) is 6.23. The number of para-hydroxylation sites is 2. The number of ketones is 1. The fourth-order valence-electron chi connectivity index (χ4n) is 5.17. The van der Waals surface area contributed by atoms with E-state index in [2.05, 4.69) is 0 Å². The molecule has 4 aliphatic carbocycles. The van der Waals surface area contributed by atoms with E-state index in [-0.39, 0.29) is 23.5 Å². The standard InChI is InChI=1S/C22H23O5P/c23-21-16-11-15-12-17(14-16)22(20(21)13-15)27-28(24,25-18-7-3-1-4-8-18)26-19-9-5-2-6-10-19/h1-10,15-17,20,22H,11-14H2. The zero-order valence-electron chi connectivity index (χ0n) is 15.5. The summed E-state index contributed by atoms with van der Waals surface area (Å²) in [4.78, 5) is 12.7. The van der Waals surface area contributed by atoms with Crippen LogP contribution >= 0.6 is 7.82 Å². The van der Waals surface area contributed by atoms with Crippen LogP contribution in [-0.2, 0) is 13.9 Å². The van der Waals surface area contributed by atoms with Gasteiger partial charge >= 0.3 is 7.82 Å². The van der Waals surface area contributed by atoms with E-state index in [1.54, 1.807) is 48.5 Å². The lowest BCUT2D eigenvalue weighted by Gasteiger charge is -2.52. The molecule has 4 saturated carbocycles. The minimum absolute atomic E-state index is 0.159. The highest BCUT2D eigenvalue weighted by Gasteiger charge is 2.56. The predicted octanol–water partition coefficient (Wildman–Crippen LogP) is 5.27. The van der Waals surface area contributed by atoms with Crippen LogP contribution < -0.4 is 9.05 Å². The van der Waals surface area contributed by atoms with Crippen LogP contribution in [0.1, 0.15) is 25.7 Å². The fraction of sp³-hybridized carbons (Fsp3) is 0.409. The van der Waals surface area contributed by atoms with Gasteiger partial charge in [-0.15, -0.1) is 0 Å². The summed E-state index contributed by atoms with van der Waals surface area (Å²) in [6, 6.07) is 17.8. The molecule has 28 heavy (non-hydrogen) atoms. The summed E-state index contributed by atoms with van der Waals surface area (Å²) in [5, 5.41) is 0. The normalized spacial score (nSPS) is 31.0. The SMILES string of the molecule is O=C1C2CC3CC(C2)C(OP(=O)(Oc2ccccc2)Oc2ccccc2)C1C3. The minimum atomic E-state index is -3.97. The van der Waals surface area contributed by atoms with E-state index in [0.29, 0.717) is 17.4 Å². The number of hydrogen-bond acceptors (Lipinski definition) is 5. The van der Waals surface area contributed by atoms with Crippen molar-refractivity contribution in [3.63, 3.8) is 0 Å². The smallest absolute Gasteiger partial charge is 0.395 e. The van der Waals surface area contributed by atoms with Gasteiger partial charge < -0.3 is 9.05 Å². The number of carbonyl (C=O) groups is 1. The number of phosphoric ester groups is 1. The lowest BCUT2D eigenvalue weighted by atomic mass is 9.54. The Labute approximate surface area is 164 Å². The van der Waals surface area contributed by atoms with E-state index in [1.807, 2.05) is 12.1 Å². The molecule has 4 aliphatic rings. The van der Waals surface area contributed by atoms with Crippen molar-refractivity contribution < 1.29 is 22.9 Å². The van der Waals surface area contributed by atoms with Crippen LogP contribution in [0, 0.1) is 23.7 Å². The summed E-state index contributed by atoms with van der Waals surface area (Å²) in [6.45, 7) is 0. The highest BCUT2D eigenvalue weighted by Crippen LogP contribution is 2.59. The van der Waals surface area contributed by atoms with Gasteiger partial charge in [0.05, 0.1) is 6.10 Å². The molecule has 0 radical (unpaired) electrons. The lowest BCUT2D eigenvalue weighted by Crippen LogP contribution is -2.54. The van der Waals surface area contributed by atoms with Gasteiger partial charge in [-0.25, -0.2) is 4.57 Å². The van der Waals surface area contributed by atoms with Crippen LogP contribution in [0.2, 0.25) is 0 Å². The Morgan fingerprint density at radius 3 is 2.00 bits per heavy atom. The Bertz CT molecular complexity index is 854. The van der Waals surface area contributed by atoms with Crippen molar-refractivity contribution in [2.24, 2.45) is 23.7 Å². The zero-order valence-corrected chi connectivity index (χ0v) is 16.4. The molecule has 6 heteroatoms. The first-order valence-corrected chi connectivity index (χ1v) is 11.4. The molecule has 5 nitrogen and oxygen atoms in total. The van der Waals surface area contributed by atoms with Gasteiger partial charge in [-0.3, -0.25) is 9.32 Å². The maximum Gasteiger partial charge on any atom is 0.587 e. The second-order valence-electron chi connectivity index (χ2n) is 8.10. The average molecular weight is 398 g/mol. The average Bonchev–Trinajstić information content (AvgIpc) is 2.69. The molecule has 0 amide bonds. The number of Topliss-reactive ketones (excluding diaryl/α,β-unsaturated/α-hetero) is 1. The maximum absolute atomic E-state index is 13.7. The molecule has 0 aliphatic heterocycles. The number of hydrogen-bond donors (Lipinski definition) is 0. The molecule has 5 unspecified atom stereocenters. The highest BCUT2D eigenvalue weighted by molar-refractivity contribution is 7.49. The second kappa shape index (κ2) is 7.06. The van der Waals surface area contributed by atoms with Crippen LogP contribution in [0.15, 0.2) is 60.7 Å². The quantitative estimate of drug-likeness (QED) is 0.620. The van der Waals surface area contributed by atoms with Crippen LogP contribution in [0.4, 0.5) is 0 Å². The minimum Gasteiger partial charge on any atom is -0.395 e. The molecule has 0 N–H and O–H groups in total. The van der Waals surface area contributed by atoms with Crippen molar-refractivity contribution in [3.8, 4) is 11.5 Å². The van der Waals surface area contributed by atoms with Gasteiger partial charge in [-0.1, -0.05) is 36.4 Å². The lowest BCUT2D eigenvalue weighted by molar-refractivity contribution is -0.152. The molecule has 0 heterocycles. The van der Waals surface area contributed by atoms with Gasteiger partial charge in [-0.2, -0.15) is 0 Å². The highest BCUT2D eigenvalue weighted by atomic mass is 31.2. The monoisotopic (exact) mass is 398 g/mol. The Hall–Kier alpha value is -2.10. The van der Waals surface area contributed by atoms with Gasteiger partial charge in [0.15, 0.2) is 0 Å². The Morgan fingerprint density at radius 1 is 0.786 bits per heavy atom. The van der Waals surface area contributed by atoms with Gasteiger partial charge in [0, 0.05) is 11.8 Å². The van der Waals surface area contributed by atoms with Crippen LogP contribution in [0.3, 0.4) is 0 Å². The van der Waals surface area contributed by atoms with Crippen LogP contribution in [0.25, 0.3) is 0 Å². The van der Waals surface area contributed by atoms with Crippen molar-refractivity contribution >= 4 is 13.6 Å². The summed E-state index contributed by atoms with van der Waals surface area (Å²) < 4.78 is 31.3. The molecule has 6 rings (SSSR count). The molecule has 146 valence electrons. The molecule has 0 saturated heterocycles. The molecule has 0 spiro atoms. The Kier molecular flexibility index (Phi) is 4.53. The first-order chi connectivity index (χ1) is 13.6. The predicted molar refractivity (Wildman–Crippen MR) is 104 cm³/mol. The van der Waals surface area contributed by atoms with Crippen LogP contribution in [0.5, 0.6) is 11.5 Å². The molecule has 2 aromatic rings. The first-order valence-electron chi connectivity index (χ1n) is 9.91. The molecule has 2 aromatic carbocycles. The van der Waals surface area contributed by atoms with Gasteiger partial charge in [0.2, 0.25) is 0 Å². The van der Waals surface area contributed by atoms with E-state index in [0.717, 1.165) is 25.7 Å². The molecule has 5 atom stereocenters. The van der Waals surface area contributed by atoms with E-state index in [9.17, 15) is 9.36 Å². The Balaban J connectivity index is 1.43. The molecule has 0 aromatic heterocycles. The van der Waals surface area contributed by atoms with E-state index in [1.165, 1.54) is 0 Å². The molecular weight excluding hydrogens is 375 g/mol. The number of benzene rings is 2. The van der Waals surface area contributed by atoms with Crippen LogP contribution in [-0.4, -0.2) is 11.9 Å². The summed E-state index contributed by atoms with van der Waals surface area (Å²) >= 11 is 0. The Morgan fingerprint density at radius 2 is 1.39 bits per heavy atom. The molecular formula is C22H23O5P. The first kappa shape index (κ1) is 18.0. The zero-order chi connectivity index (χ0) is 19.1. The van der Waals surface area contributed by atoms with E-state index < -0.39 is 13.9 Å². The van der Waals surface area contributed by atoms with E-state index >= 15 is 0 Å². The number of carbonyl (C=O) groups excluding carboxylic acids is 1. The van der Waals surface area contributed by atoms with Crippen molar-refractivity contribution in [3.05, 3.63) is 60.7 Å². The number of phosphoric acid groups is 1. The van der Waals surface area contributed by atoms with Crippen molar-refractivity contribution in [1.82, 2.24) is 0 Å². The summed E-state index contributed by atoms with van der Waals surface area (Å²) in [5.41, 5.74) is 0. The van der Waals surface area contributed by atoms with Crippen molar-refractivity contribution in [1.29, 1.82) is 0 Å². The van der Waals surface area contributed by atoms with Crippen molar-refractivity contribution in [2.75, 3.05) is 0 Å². The molecule has 4 bridgehead atoms. The van der Waals surface area contributed by atoms with Gasteiger partial charge in [-0.05, 0) is 61.8 Å². The fourth-order valence-corrected chi connectivity index (χ4v) is 6.67. The van der Waals surface area contributed by atoms with Crippen molar-refractivity contribution in [2.45, 2.75) is 31.8 Å². The largest absolute Gasteiger partial charge is 0.587 e. The van der Waals surface area contributed by atoms with Gasteiger partial charge in [0.1, 0.15) is 17.3 Å². The summed E-state index contributed by atoms with van der Waals surface area (Å²) in [5.74, 6) is 1.90.